The molecule has 0 aliphatic rings. The molecule has 0 aromatic carbocycles. The Bertz CT molecular complexity index is 342. The molecule has 1 rings (SSSR count). The fourth-order valence-corrected chi connectivity index (χ4v) is 1.47. The van der Waals surface area contributed by atoms with Crippen LogP contribution in [-0.2, 0) is 11.2 Å². The van der Waals surface area contributed by atoms with E-state index in [0.29, 0.717) is 36.7 Å². The quantitative estimate of drug-likeness (QED) is 0.781. The number of carboxylic acid groups (broad SMARTS) is 1. The van der Waals surface area contributed by atoms with E-state index in [1.165, 1.54) is 12.4 Å². The number of hydrogen-bond donors (Lipinski definition) is 2. The van der Waals surface area contributed by atoms with Crippen molar-refractivity contribution in [3.8, 4) is 0 Å². The van der Waals surface area contributed by atoms with Crippen LogP contribution in [-0.4, -0.2) is 27.6 Å². The van der Waals surface area contributed by atoms with Crippen molar-refractivity contribution in [3.05, 3.63) is 23.2 Å². The summed E-state index contributed by atoms with van der Waals surface area (Å²) in [5, 5.41) is 9.30. The topological polar surface area (TPSA) is 89.1 Å². The van der Waals surface area contributed by atoms with Crippen LogP contribution in [0.2, 0.25) is 5.15 Å². The van der Waals surface area contributed by atoms with Crippen molar-refractivity contribution < 1.29 is 9.90 Å². The van der Waals surface area contributed by atoms with E-state index in [9.17, 15) is 4.79 Å². The summed E-state index contributed by atoms with van der Waals surface area (Å²) in [6, 6.07) is 0. The molecular weight excluding hydrogens is 230 g/mol. The minimum absolute atomic E-state index is 0.303. The molecule has 88 valence electrons. The van der Waals surface area contributed by atoms with E-state index in [-0.39, 0.29) is 0 Å². The predicted molar refractivity (Wildman–Crippen MR) is 60.2 cm³/mol. The minimum atomic E-state index is -0.829. The molecule has 1 unspecified atom stereocenters. The first-order valence-electron chi connectivity index (χ1n) is 5.02. The highest BCUT2D eigenvalue weighted by atomic mass is 35.5. The van der Waals surface area contributed by atoms with E-state index >= 15 is 0 Å². The highest BCUT2D eigenvalue weighted by molar-refractivity contribution is 6.29. The molecule has 0 aliphatic heterocycles. The molecule has 0 fully saturated rings. The number of halogens is 1. The average molecular weight is 244 g/mol. The second-order valence-electron chi connectivity index (χ2n) is 3.50. The van der Waals surface area contributed by atoms with Gasteiger partial charge in [-0.1, -0.05) is 11.6 Å². The molecule has 6 heteroatoms. The SMILES string of the molecule is NCCCC(Cc1cnc(Cl)cn1)C(=O)O. The Morgan fingerprint density at radius 1 is 1.50 bits per heavy atom. The van der Waals surface area contributed by atoms with Gasteiger partial charge in [-0.15, -0.1) is 0 Å². The molecule has 1 aromatic heterocycles. The van der Waals surface area contributed by atoms with E-state index in [0.717, 1.165) is 0 Å². The first kappa shape index (κ1) is 12.9. The number of nitrogens with zero attached hydrogens (tertiary/aromatic N) is 2. The van der Waals surface area contributed by atoms with Gasteiger partial charge in [0.1, 0.15) is 5.15 Å². The molecule has 1 heterocycles. The van der Waals surface area contributed by atoms with Crippen LogP contribution in [0.3, 0.4) is 0 Å². The van der Waals surface area contributed by atoms with Gasteiger partial charge in [-0.25, -0.2) is 4.98 Å². The van der Waals surface area contributed by atoms with Crippen molar-refractivity contribution in [1.29, 1.82) is 0 Å². The van der Waals surface area contributed by atoms with E-state index in [1.807, 2.05) is 0 Å². The molecule has 5 nitrogen and oxygen atoms in total. The third kappa shape index (κ3) is 4.12. The number of carboxylic acids is 1. The standard InChI is InChI=1S/C10H14ClN3O2/c11-9-6-13-8(5-14-9)4-7(10(15)16)2-1-3-12/h5-7H,1-4,12H2,(H,15,16). The second-order valence-corrected chi connectivity index (χ2v) is 3.89. The van der Waals surface area contributed by atoms with Gasteiger partial charge < -0.3 is 10.8 Å². The third-order valence-corrected chi connectivity index (χ3v) is 2.43. The Hall–Kier alpha value is -1.20. The summed E-state index contributed by atoms with van der Waals surface area (Å²) < 4.78 is 0. The Kier molecular flexibility index (Phi) is 5.14. The van der Waals surface area contributed by atoms with E-state index in [4.69, 9.17) is 22.4 Å². The number of carbonyl (C=O) groups is 1. The summed E-state index contributed by atoms with van der Waals surface area (Å²) in [7, 11) is 0. The zero-order valence-corrected chi connectivity index (χ0v) is 9.52. The second kappa shape index (κ2) is 6.40. The van der Waals surface area contributed by atoms with E-state index < -0.39 is 11.9 Å². The van der Waals surface area contributed by atoms with Crippen molar-refractivity contribution >= 4 is 17.6 Å². The van der Waals surface area contributed by atoms with Crippen molar-refractivity contribution in [2.45, 2.75) is 19.3 Å². The van der Waals surface area contributed by atoms with Crippen LogP contribution in [0.4, 0.5) is 0 Å². The Balaban J connectivity index is 2.60. The van der Waals surface area contributed by atoms with Gasteiger partial charge in [0.2, 0.25) is 0 Å². The van der Waals surface area contributed by atoms with Crippen LogP contribution < -0.4 is 5.73 Å². The van der Waals surface area contributed by atoms with Crippen LogP contribution in [0.15, 0.2) is 12.4 Å². The number of nitrogens with two attached hydrogens (primary N) is 1. The third-order valence-electron chi connectivity index (χ3n) is 2.24. The lowest BCUT2D eigenvalue weighted by atomic mass is 9.98. The smallest absolute Gasteiger partial charge is 0.306 e. The first-order valence-corrected chi connectivity index (χ1v) is 5.40. The molecule has 16 heavy (non-hydrogen) atoms. The van der Waals surface area contributed by atoms with Gasteiger partial charge >= 0.3 is 5.97 Å². The molecule has 0 saturated heterocycles. The Morgan fingerprint density at radius 2 is 2.25 bits per heavy atom. The summed E-state index contributed by atoms with van der Waals surface area (Å²) >= 11 is 5.59. The van der Waals surface area contributed by atoms with Crippen LogP contribution >= 0.6 is 11.6 Å². The van der Waals surface area contributed by atoms with Crippen molar-refractivity contribution in [2.75, 3.05) is 6.54 Å². The monoisotopic (exact) mass is 243 g/mol. The van der Waals surface area contributed by atoms with Crippen LogP contribution in [0.1, 0.15) is 18.5 Å². The van der Waals surface area contributed by atoms with Crippen molar-refractivity contribution in [3.63, 3.8) is 0 Å². The fourth-order valence-electron chi connectivity index (χ4n) is 1.37. The molecule has 0 bridgehead atoms. The highest BCUT2D eigenvalue weighted by Crippen LogP contribution is 2.13. The molecule has 3 N–H and O–H groups in total. The zero-order chi connectivity index (χ0) is 12.0. The van der Waals surface area contributed by atoms with Gasteiger partial charge in [0.05, 0.1) is 24.0 Å². The lowest BCUT2D eigenvalue weighted by Crippen LogP contribution is -2.18. The molecule has 0 spiro atoms. The molecular formula is C10H14ClN3O2. The average Bonchev–Trinajstić information content (AvgIpc) is 2.26. The highest BCUT2D eigenvalue weighted by Gasteiger charge is 2.18. The van der Waals surface area contributed by atoms with E-state index in [2.05, 4.69) is 9.97 Å². The molecule has 1 aromatic rings. The van der Waals surface area contributed by atoms with Gasteiger partial charge in [-0.05, 0) is 19.4 Å². The molecule has 0 aliphatic carbocycles. The summed E-state index contributed by atoms with van der Waals surface area (Å²) in [5.74, 6) is -1.29. The number of hydrogen-bond acceptors (Lipinski definition) is 4. The minimum Gasteiger partial charge on any atom is -0.481 e. The Morgan fingerprint density at radius 3 is 2.75 bits per heavy atom. The number of aliphatic carboxylic acids is 1. The van der Waals surface area contributed by atoms with Crippen molar-refractivity contribution in [2.24, 2.45) is 11.7 Å². The summed E-state index contributed by atoms with van der Waals surface area (Å²) in [6.07, 6.45) is 4.52. The van der Waals surface area contributed by atoms with Gasteiger partial charge in [-0.2, -0.15) is 0 Å². The molecule has 0 amide bonds. The lowest BCUT2D eigenvalue weighted by molar-refractivity contribution is -0.142. The summed E-state index contributed by atoms with van der Waals surface area (Å²) in [6.45, 7) is 0.496. The summed E-state index contributed by atoms with van der Waals surface area (Å²) in [4.78, 5) is 18.8. The lowest BCUT2D eigenvalue weighted by Gasteiger charge is -2.10. The maximum atomic E-state index is 11.0. The van der Waals surface area contributed by atoms with Gasteiger partial charge in [0, 0.05) is 6.42 Å². The maximum Gasteiger partial charge on any atom is 0.306 e. The zero-order valence-electron chi connectivity index (χ0n) is 8.77. The fraction of sp³-hybridized carbons (Fsp3) is 0.500. The molecule has 0 saturated carbocycles. The van der Waals surface area contributed by atoms with E-state index in [1.54, 1.807) is 0 Å². The predicted octanol–water partition coefficient (Wildman–Crippen LogP) is 1.11. The van der Waals surface area contributed by atoms with Crippen LogP contribution in [0, 0.1) is 5.92 Å². The molecule has 0 radical (unpaired) electrons. The van der Waals surface area contributed by atoms with Crippen LogP contribution in [0.25, 0.3) is 0 Å². The van der Waals surface area contributed by atoms with Crippen LogP contribution in [0.5, 0.6) is 0 Å². The normalized spacial score (nSPS) is 12.4. The number of aromatic nitrogens is 2. The largest absolute Gasteiger partial charge is 0.481 e. The summed E-state index contributed by atoms with van der Waals surface area (Å²) in [5.41, 5.74) is 5.99. The van der Waals surface area contributed by atoms with Gasteiger partial charge in [0.25, 0.3) is 0 Å². The van der Waals surface area contributed by atoms with Gasteiger partial charge in [-0.3, -0.25) is 9.78 Å². The van der Waals surface area contributed by atoms with Gasteiger partial charge in [0.15, 0.2) is 0 Å². The Labute approximate surface area is 98.7 Å². The van der Waals surface area contributed by atoms with Crippen molar-refractivity contribution in [1.82, 2.24) is 9.97 Å². The number of rotatable bonds is 6. The first-order chi connectivity index (χ1) is 7.63. The molecule has 1 atom stereocenters. The maximum absolute atomic E-state index is 11.0.